The number of rotatable bonds is 1. The predicted molar refractivity (Wildman–Crippen MR) is 77.0 cm³/mol. The molecule has 3 aromatic heterocycles. The van der Waals surface area contributed by atoms with E-state index in [1.54, 1.807) is 6.20 Å². The van der Waals surface area contributed by atoms with Gasteiger partial charge in [0.05, 0.1) is 0 Å². The first kappa shape index (κ1) is 11.7. The van der Waals surface area contributed by atoms with Crippen LogP contribution in [-0.4, -0.2) is 14.4 Å². The second-order valence-corrected chi connectivity index (χ2v) is 4.90. The van der Waals surface area contributed by atoms with Crippen LogP contribution in [0.3, 0.4) is 0 Å². The zero-order valence-electron chi connectivity index (χ0n) is 11.3. The zero-order chi connectivity index (χ0) is 13.6. The summed E-state index contributed by atoms with van der Waals surface area (Å²) in [5, 5.41) is 0. The molecule has 3 aromatic rings. The van der Waals surface area contributed by atoms with Crippen LogP contribution >= 0.6 is 0 Å². The third-order valence-corrected chi connectivity index (χ3v) is 3.38. The molecule has 0 spiro atoms. The highest BCUT2D eigenvalue weighted by Crippen LogP contribution is 2.29. The molecule has 0 aliphatic carbocycles. The van der Waals surface area contributed by atoms with Crippen molar-refractivity contribution in [3.63, 3.8) is 0 Å². The quantitative estimate of drug-likeness (QED) is 0.724. The molecular weight excluding hydrogens is 236 g/mol. The molecule has 96 valence electrons. The fourth-order valence-electron chi connectivity index (χ4n) is 2.47. The van der Waals surface area contributed by atoms with Crippen molar-refractivity contribution in [2.24, 2.45) is 0 Å². The summed E-state index contributed by atoms with van der Waals surface area (Å²) in [6.45, 7) is 6.14. The van der Waals surface area contributed by atoms with Gasteiger partial charge >= 0.3 is 0 Å². The molecule has 0 unspecified atom stereocenters. The lowest BCUT2D eigenvalue weighted by atomic mass is 10.1. The van der Waals surface area contributed by atoms with Crippen molar-refractivity contribution in [2.45, 2.75) is 20.8 Å². The van der Waals surface area contributed by atoms with Gasteiger partial charge in [0.1, 0.15) is 17.2 Å². The number of nitrogens with zero attached hydrogens (tertiary/aromatic N) is 3. The molecule has 0 aliphatic rings. The number of fused-ring (bicyclic) bond motifs is 1. The standard InChI is InChI=1S/C15H16N4/c1-9-6-11(3)19-13(7-9)18-14(15(19)16)12-8-17-5-4-10(12)2/h4-8H,16H2,1-3H3. The molecule has 4 heteroatoms. The second kappa shape index (κ2) is 4.09. The highest BCUT2D eigenvalue weighted by Gasteiger charge is 2.14. The van der Waals surface area contributed by atoms with Gasteiger partial charge in [-0.05, 0) is 50.1 Å². The lowest BCUT2D eigenvalue weighted by Gasteiger charge is -2.04. The Bertz CT molecular complexity index is 771. The maximum Gasteiger partial charge on any atom is 0.139 e. The Morgan fingerprint density at radius 1 is 1.16 bits per heavy atom. The number of nitrogen functional groups attached to an aromatic ring is 1. The maximum atomic E-state index is 6.26. The molecule has 3 heterocycles. The summed E-state index contributed by atoms with van der Waals surface area (Å²) in [5.41, 5.74) is 12.3. The van der Waals surface area contributed by atoms with E-state index in [9.17, 15) is 0 Å². The van der Waals surface area contributed by atoms with E-state index in [1.807, 2.05) is 36.6 Å². The van der Waals surface area contributed by atoms with Crippen LogP contribution in [-0.2, 0) is 0 Å². The predicted octanol–water partition coefficient (Wildman–Crippen LogP) is 2.90. The monoisotopic (exact) mass is 252 g/mol. The first-order valence-corrected chi connectivity index (χ1v) is 6.24. The summed E-state index contributed by atoms with van der Waals surface area (Å²) in [5.74, 6) is 0.670. The normalized spacial score (nSPS) is 11.1. The van der Waals surface area contributed by atoms with Crippen molar-refractivity contribution in [3.8, 4) is 11.3 Å². The van der Waals surface area contributed by atoms with E-state index in [1.165, 1.54) is 5.56 Å². The fraction of sp³-hybridized carbons (Fsp3) is 0.200. The third-order valence-electron chi connectivity index (χ3n) is 3.38. The summed E-state index contributed by atoms with van der Waals surface area (Å²) in [7, 11) is 0. The average Bonchev–Trinajstić information content (AvgIpc) is 2.67. The smallest absolute Gasteiger partial charge is 0.139 e. The Kier molecular flexibility index (Phi) is 2.52. The number of aryl methyl sites for hydroxylation is 3. The largest absolute Gasteiger partial charge is 0.383 e. The van der Waals surface area contributed by atoms with E-state index < -0.39 is 0 Å². The molecule has 0 amide bonds. The average molecular weight is 252 g/mol. The van der Waals surface area contributed by atoms with E-state index in [2.05, 4.69) is 23.0 Å². The second-order valence-electron chi connectivity index (χ2n) is 4.90. The number of pyridine rings is 2. The van der Waals surface area contributed by atoms with Crippen LogP contribution in [0.5, 0.6) is 0 Å². The number of hydrogen-bond acceptors (Lipinski definition) is 3. The van der Waals surface area contributed by atoms with E-state index in [-0.39, 0.29) is 0 Å². The molecule has 0 radical (unpaired) electrons. The molecule has 2 N–H and O–H groups in total. The highest BCUT2D eigenvalue weighted by molar-refractivity contribution is 5.76. The van der Waals surface area contributed by atoms with Gasteiger partial charge in [-0.15, -0.1) is 0 Å². The Morgan fingerprint density at radius 2 is 1.95 bits per heavy atom. The lowest BCUT2D eigenvalue weighted by Crippen LogP contribution is -1.98. The Hall–Kier alpha value is -2.36. The topological polar surface area (TPSA) is 56.2 Å². The van der Waals surface area contributed by atoms with Crippen LogP contribution in [0.4, 0.5) is 5.82 Å². The third kappa shape index (κ3) is 1.76. The van der Waals surface area contributed by atoms with Crippen LogP contribution in [0.15, 0.2) is 30.6 Å². The van der Waals surface area contributed by atoms with Crippen molar-refractivity contribution in [2.75, 3.05) is 5.73 Å². The minimum atomic E-state index is 0.670. The highest BCUT2D eigenvalue weighted by atomic mass is 15.1. The minimum Gasteiger partial charge on any atom is -0.383 e. The van der Waals surface area contributed by atoms with Crippen molar-refractivity contribution in [1.82, 2.24) is 14.4 Å². The van der Waals surface area contributed by atoms with Gasteiger partial charge in [0.15, 0.2) is 0 Å². The summed E-state index contributed by atoms with van der Waals surface area (Å²) < 4.78 is 1.98. The van der Waals surface area contributed by atoms with Crippen molar-refractivity contribution in [1.29, 1.82) is 0 Å². The van der Waals surface area contributed by atoms with Gasteiger partial charge in [-0.1, -0.05) is 0 Å². The molecule has 0 fully saturated rings. The first-order chi connectivity index (χ1) is 9.08. The van der Waals surface area contributed by atoms with Gasteiger partial charge in [-0.25, -0.2) is 4.98 Å². The Labute approximate surface area is 111 Å². The molecule has 0 bridgehead atoms. The fourth-order valence-corrected chi connectivity index (χ4v) is 2.47. The number of imidazole rings is 1. The Balaban J connectivity index is 2.35. The van der Waals surface area contributed by atoms with E-state index in [0.717, 1.165) is 28.2 Å². The van der Waals surface area contributed by atoms with Crippen molar-refractivity contribution < 1.29 is 0 Å². The van der Waals surface area contributed by atoms with Crippen LogP contribution in [0.1, 0.15) is 16.8 Å². The van der Waals surface area contributed by atoms with Crippen LogP contribution in [0.2, 0.25) is 0 Å². The summed E-state index contributed by atoms with van der Waals surface area (Å²) in [6.07, 6.45) is 3.59. The van der Waals surface area contributed by atoms with Gasteiger partial charge in [0.2, 0.25) is 0 Å². The van der Waals surface area contributed by atoms with E-state index in [0.29, 0.717) is 5.82 Å². The van der Waals surface area contributed by atoms with Gasteiger partial charge in [-0.3, -0.25) is 9.38 Å². The van der Waals surface area contributed by atoms with E-state index >= 15 is 0 Å². The van der Waals surface area contributed by atoms with Crippen molar-refractivity contribution >= 4 is 11.5 Å². The first-order valence-electron chi connectivity index (χ1n) is 6.24. The number of nitrogens with two attached hydrogens (primary N) is 1. The van der Waals surface area contributed by atoms with E-state index in [4.69, 9.17) is 5.73 Å². The zero-order valence-corrected chi connectivity index (χ0v) is 11.3. The number of anilines is 1. The summed E-state index contributed by atoms with van der Waals surface area (Å²) in [6, 6.07) is 6.11. The Morgan fingerprint density at radius 3 is 2.68 bits per heavy atom. The lowest BCUT2D eigenvalue weighted by molar-refractivity contribution is 1.09. The summed E-state index contributed by atoms with van der Waals surface area (Å²) >= 11 is 0. The number of hydrogen-bond donors (Lipinski definition) is 1. The van der Waals surface area contributed by atoms with Gasteiger partial charge in [0.25, 0.3) is 0 Å². The SMILES string of the molecule is Cc1cc(C)n2c(N)c(-c3cnccc3C)nc2c1. The van der Waals surface area contributed by atoms with Gasteiger partial charge in [0, 0.05) is 23.7 Å². The van der Waals surface area contributed by atoms with Crippen LogP contribution in [0, 0.1) is 20.8 Å². The molecule has 19 heavy (non-hydrogen) atoms. The maximum absolute atomic E-state index is 6.26. The summed E-state index contributed by atoms with van der Waals surface area (Å²) in [4.78, 5) is 8.83. The molecule has 4 nitrogen and oxygen atoms in total. The van der Waals surface area contributed by atoms with Crippen molar-refractivity contribution in [3.05, 3.63) is 47.4 Å². The molecule has 0 saturated heterocycles. The molecule has 0 aromatic carbocycles. The number of aromatic nitrogens is 3. The molecule has 0 atom stereocenters. The molecule has 0 saturated carbocycles. The van der Waals surface area contributed by atoms with Gasteiger partial charge < -0.3 is 5.73 Å². The van der Waals surface area contributed by atoms with Gasteiger partial charge in [-0.2, -0.15) is 0 Å². The van der Waals surface area contributed by atoms with Crippen LogP contribution < -0.4 is 5.73 Å². The molecule has 3 rings (SSSR count). The van der Waals surface area contributed by atoms with Crippen LogP contribution in [0.25, 0.3) is 16.9 Å². The minimum absolute atomic E-state index is 0.670. The molecular formula is C15H16N4. The molecule has 0 aliphatic heterocycles.